The minimum Gasteiger partial charge on any atom is -0.457 e. The number of halogens is 2. The van der Waals surface area contributed by atoms with Gasteiger partial charge in [-0.15, -0.1) is 0 Å². The van der Waals surface area contributed by atoms with E-state index in [0.717, 1.165) is 24.1 Å². The van der Waals surface area contributed by atoms with Crippen LogP contribution in [0.3, 0.4) is 0 Å². The second-order valence-corrected chi connectivity index (χ2v) is 4.08. The molecule has 0 fully saturated rings. The van der Waals surface area contributed by atoms with Gasteiger partial charge in [0, 0.05) is 5.39 Å². The first-order valence-corrected chi connectivity index (χ1v) is 5.67. The van der Waals surface area contributed by atoms with Gasteiger partial charge in [-0.1, -0.05) is 18.5 Å². The summed E-state index contributed by atoms with van der Waals surface area (Å²) in [4.78, 5) is 0. The van der Waals surface area contributed by atoms with Crippen LogP contribution in [-0.4, -0.2) is 6.54 Å². The van der Waals surface area contributed by atoms with Crippen molar-refractivity contribution in [2.24, 2.45) is 0 Å². The molecule has 0 amide bonds. The third-order valence-corrected chi connectivity index (χ3v) is 2.65. The van der Waals surface area contributed by atoms with E-state index in [4.69, 9.17) is 16.0 Å². The van der Waals surface area contributed by atoms with Crippen LogP contribution in [0.4, 0.5) is 4.39 Å². The maximum absolute atomic E-state index is 13.6. The Balaban J connectivity index is 2.26. The molecule has 0 radical (unpaired) electrons. The maximum atomic E-state index is 13.6. The topological polar surface area (TPSA) is 25.2 Å². The van der Waals surface area contributed by atoms with E-state index in [1.165, 1.54) is 6.07 Å². The molecule has 86 valence electrons. The third-order valence-electron chi connectivity index (χ3n) is 2.36. The Morgan fingerprint density at radius 1 is 1.44 bits per heavy atom. The van der Waals surface area contributed by atoms with Crippen molar-refractivity contribution in [3.63, 3.8) is 0 Å². The van der Waals surface area contributed by atoms with Gasteiger partial charge in [0.1, 0.15) is 5.76 Å². The number of nitrogens with one attached hydrogen (secondary N) is 1. The van der Waals surface area contributed by atoms with Crippen molar-refractivity contribution >= 4 is 22.6 Å². The smallest absolute Gasteiger partial charge is 0.184 e. The van der Waals surface area contributed by atoms with E-state index < -0.39 is 5.82 Å². The molecule has 16 heavy (non-hydrogen) atoms. The second kappa shape index (κ2) is 4.85. The third kappa shape index (κ3) is 2.20. The summed E-state index contributed by atoms with van der Waals surface area (Å²) < 4.78 is 19.0. The summed E-state index contributed by atoms with van der Waals surface area (Å²) in [5.74, 6) is 0.241. The van der Waals surface area contributed by atoms with Gasteiger partial charge in [0.05, 0.1) is 11.6 Å². The number of furan rings is 1. The number of fused-ring (bicyclic) bond motifs is 1. The van der Waals surface area contributed by atoms with Gasteiger partial charge < -0.3 is 9.73 Å². The Kier molecular flexibility index (Phi) is 3.46. The first-order valence-electron chi connectivity index (χ1n) is 5.29. The zero-order valence-corrected chi connectivity index (χ0v) is 9.77. The Hall–Kier alpha value is -1.06. The number of hydrogen-bond acceptors (Lipinski definition) is 2. The molecule has 1 aromatic carbocycles. The lowest BCUT2D eigenvalue weighted by Crippen LogP contribution is -2.12. The van der Waals surface area contributed by atoms with Crippen LogP contribution < -0.4 is 5.32 Å². The van der Waals surface area contributed by atoms with Gasteiger partial charge in [-0.3, -0.25) is 0 Å². The summed E-state index contributed by atoms with van der Waals surface area (Å²) >= 11 is 5.67. The zero-order chi connectivity index (χ0) is 11.5. The summed E-state index contributed by atoms with van der Waals surface area (Å²) in [6.07, 6.45) is 1.06. The fraction of sp³-hybridized carbons (Fsp3) is 0.333. The molecule has 0 saturated heterocycles. The molecule has 4 heteroatoms. The van der Waals surface area contributed by atoms with Gasteiger partial charge in [0.2, 0.25) is 0 Å². The highest BCUT2D eigenvalue weighted by molar-refractivity contribution is 6.31. The summed E-state index contributed by atoms with van der Waals surface area (Å²) in [6, 6.07) is 5.13. The van der Waals surface area contributed by atoms with Crippen molar-refractivity contribution < 1.29 is 8.81 Å². The summed E-state index contributed by atoms with van der Waals surface area (Å²) in [5.41, 5.74) is 0.237. The molecule has 0 bridgehead atoms. The Bertz CT molecular complexity index is 495. The highest BCUT2D eigenvalue weighted by atomic mass is 35.5. The number of benzene rings is 1. The highest BCUT2D eigenvalue weighted by Crippen LogP contribution is 2.27. The lowest BCUT2D eigenvalue weighted by Gasteiger charge is -1.98. The van der Waals surface area contributed by atoms with Crippen molar-refractivity contribution in [2.75, 3.05) is 6.54 Å². The fourth-order valence-electron chi connectivity index (χ4n) is 1.57. The van der Waals surface area contributed by atoms with Crippen LogP contribution in [0.25, 0.3) is 11.0 Å². The van der Waals surface area contributed by atoms with Crippen LogP contribution in [0.1, 0.15) is 19.1 Å². The summed E-state index contributed by atoms with van der Waals surface area (Å²) in [6.45, 7) is 3.62. The minimum atomic E-state index is -0.485. The van der Waals surface area contributed by atoms with Crippen molar-refractivity contribution in [2.45, 2.75) is 19.9 Å². The normalized spacial score (nSPS) is 11.2. The van der Waals surface area contributed by atoms with Gasteiger partial charge in [0.15, 0.2) is 11.4 Å². The standard InChI is InChI=1S/C12H13ClFNO/c1-2-5-15-7-9-6-8-3-4-10(13)11(14)12(8)16-9/h3-4,6,15H,2,5,7H2,1H3. The molecule has 2 aromatic rings. The van der Waals surface area contributed by atoms with Gasteiger partial charge in [-0.05, 0) is 31.2 Å². The van der Waals surface area contributed by atoms with Gasteiger partial charge in [-0.2, -0.15) is 0 Å². The molecule has 0 saturated carbocycles. The number of rotatable bonds is 4. The molecule has 0 unspecified atom stereocenters. The SMILES string of the molecule is CCCNCc1cc2ccc(Cl)c(F)c2o1. The van der Waals surface area contributed by atoms with Gasteiger partial charge in [-0.25, -0.2) is 4.39 Å². The van der Waals surface area contributed by atoms with Crippen LogP contribution in [0.2, 0.25) is 5.02 Å². The van der Waals surface area contributed by atoms with Crippen molar-refractivity contribution in [1.29, 1.82) is 0 Å². The Morgan fingerprint density at radius 3 is 3.00 bits per heavy atom. The average Bonchev–Trinajstić information content (AvgIpc) is 2.68. The quantitative estimate of drug-likeness (QED) is 0.826. The first kappa shape index (κ1) is 11.4. The van der Waals surface area contributed by atoms with Crippen molar-refractivity contribution in [1.82, 2.24) is 5.32 Å². The lowest BCUT2D eigenvalue weighted by molar-refractivity contribution is 0.495. The zero-order valence-electron chi connectivity index (χ0n) is 9.02. The second-order valence-electron chi connectivity index (χ2n) is 3.67. The van der Waals surface area contributed by atoms with E-state index in [1.54, 1.807) is 6.07 Å². The van der Waals surface area contributed by atoms with Crippen LogP contribution in [-0.2, 0) is 6.54 Å². The fourth-order valence-corrected chi connectivity index (χ4v) is 1.72. The largest absolute Gasteiger partial charge is 0.457 e. The minimum absolute atomic E-state index is 0.0925. The van der Waals surface area contributed by atoms with Crippen LogP contribution >= 0.6 is 11.6 Å². The number of hydrogen-bond donors (Lipinski definition) is 1. The molecule has 1 N–H and O–H groups in total. The molecule has 1 aromatic heterocycles. The molecule has 0 atom stereocenters. The molecular formula is C12H13ClFNO. The molecule has 1 heterocycles. The molecule has 2 rings (SSSR count). The molecule has 0 aliphatic heterocycles. The predicted molar refractivity (Wildman–Crippen MR) is 63.2 cm³/mol. The molecule has 0 aliphatic carbocycles. The van der Waals surface area contributed by atoms with E-state index in [9.17, 15) is 4.39 Å². The maximum Gasteiger partial charge on any atom is 0.184 e. The van der Waals surface area contributed by atoms with E-state index in [0.29, 0.717) is 6.54 Å². The van der Waals surface area contributed by atoms with E-state index in [-0.39, 0.29) is 10.6 Å². The van der Waals surface area contributed by atoms with Crippen molar-refractivity contribution in [3.8, 4) is 0 Å². The highest BCUT2D eigenvalue weighted by Gasteiger charge is 2.11. The first-order chi connectivity index (χ1) is 7.72. The Morgan fingerprint density at radius 2 is 2.25 bits per heavy atom. The summed E-state index contributed by atoms with van der Waals surface area (Å²) in [5, 5.41) is 4.04. The van der Waals surface area contributed by atoms with Crippen molar-refractivity contribution in [3.05, 3.63) is 34.8 Å². The summed E-state index contributed by atoms with van der Waals surface area (Å²) in [7, 11) is 0. The van der Waals surface area contributed by atoms with Gasteiger partial charge >= 0.3 is 0 Å². The van der Waals surface area contributed by atoms with E-state index in [2.05, 4.69) is 12.2 Å². The molecule has 2 nitrogen and oxygen atoms in total. The average molecular weight is 242 g/mol. The monoisotopic (exact) mass is 241 g/mol. The molecule has 0 aliphatic rings. The predicted octanol–water partition coefficient (Wildman–Crippen LogP) is 3.72. The van der Waals surface area contributed by atoms with Gasteiger partial charge in [0.25, 0.3) is 0 Å². The van der Waals surface area contributed by atoms with E-state index in [1.807, 2.05) is 6.07 Å². The molecule has 0 spiro atoms. The van der Waals surface area contributed by atoms with Crippen LogP contribution in [0.5, 0.6) is 0 Å². The van der Waals surface area contributed by atoms with E-state index >= 15 is 0 Å². The Labute approximate surface area is 98.4 Å². The van der Waals surface area contributed by atoms with Crippen LogP contribution in [0.15, 0.2) is 22.6 Å². The lowest BCUT2D eigenvalue weighted by atomic mass is 10.2. The van der Waals surface area contributed by atoms with Crippen LogP contribution in [0, 0.1) is 5.82 Å². The molecular weight excluding hydrogens is 229 g/mol.